The number of ether oxygens (including phenoxy) is 2. The smallest absolute Gasteiger partial charge is 0.508 e. The second kappa shape index (κ2) is 7.86. The van der Waals surface area contributed by atoms with Gasteiger partial charge in [-0.3, -0.25) is 0 Å². The Labute approximate surface area is 149 Å². The average Bonchev–Trinajstić information content (AvgIpc) is 2.61. The summed E-state index contributed by atoms with van der Waals surface area (Å²) in [5.74, 6) is 0.0158. The van der Waals surface area contributed by atoms with Gasteiger partial charge in [0.25, 0.3) is 0 Å². The van der Waals surface area contributed by atoms with E-state index in [2.05, 4.69) is 9.64 Å². The van der Waals surface area contributed by atoms with Crippen molar-refractivity contribution in [3.05, 3.63) is 54.1 Å². The monoisotopic (exact) mass is 367 g/mol. The number of phenolic OH excluding ortho intramolecular Hbond substituents is 1. The molecule has 0 saturated carbocycles. The van der Waals surface area contributed by atoms with Crippen molar-refractivity contribution in [1.82, 2.24) is 0 Å². The number of halogens is 3. The molecule has 0 unspecified atom stereocenters. The minimum Gasteiger partial charge on any atom is -0.508 e. The normalized spacial score (nSPS) is 15.9. The van der Waals surface area contributed by atoms with Gasteiger partial charge in [-0.25, -0.2) is 0 Å². The first-order valence-electron chi connectivity index (χ1n) is 8.39. The second-order valence-corrected chi connectivity index (χ2v) is 6.21. The molecule has 1 fully saturated rings. The van der Waals surface area contributed by atoms with Gasteiger partial charge in [0.2, 0.25) is 0 Å². The molecule has 0 aromatic heterocycles. The summed E-state index contributed by atoms with van der Waals surface area (Å²) < 4.78 is 46.2. The highest BCUT2D eigenvalue weighted by Crippen LogP contribution is 2.25. The summed E-state index contributed by atoms with van der Waals surface area (Å²) in [6, 6.07) is 12.9. The van der Waals surface area contributed by atoms with E-state index in [1.165, 1.54) is 12.1 Å². The first-order valence-corrected chi connectivity index (χ1v) is 8.39. The fourth-order valence-electron chi connectivity index (χ4n) is 2.95. The molecule has 0 bridgehead atoms. The Morgan fingerprint density at radius 3 is 2.15 bits per heavy atom. The van der Waals surface area contributed by atoms with E-state index in [0.29, 0.717) is 6.61 Å². The van der Waals surface area contributed by atoms with E-state index < -0.39 is 6.36 Å². The number of rotatable bonds is 5. The molecule has 1 N–H and O–H groups in total. The number of benzene rings is 2. The molecule has 26 heavy (non-hydrogen) atoms. The Kier molecular flexibility index (Phi) is 5.56. The van der Waals surface area contributed by atoms with Gasteiger partial charge >= 0.3 is 6.36 Å². The van der Waals surface area contributed by atoms with Gasteiger partial charge in [-0.2, -0.15) is 0 Å². The van der Waals surface area contributed by atoms with E-state index in [4.69, 9.17) is 4.74 Å². The van der Waals surface area contributed by atoms with E-state index in [0.717, 1.165) is 37.2 Å². The molecule has 2 aromatic carbocycles. The van der Waals surface area contributed by atoms with Crippen molar-refractivity contribution < 1.29 is 27.8 Å². The van der Waals surface area contributed by atoms with Crippen molar-refractivity contribution in [2.45, 2.75) is 31.9 Å². The minimum atomic E-state index is -4.68. The SMILES string of the molecule is Oc1ccc(N2CCC(OCc3ccc(OC(F)(F)F)cc3)CC2)cc1. The first kappa shape index (κ1) is 18.4. The molecule has 0 spiro atoms. The van der Waals surface area contributed by atoms with Gasteiger partial charge in [0.15, 0.2) is 0 Å². The van der Waals surface area contributed by atoms with E-state index in [9.17, 15) is 18.3 Å². The van der Waals surface area contributed by atoms with Gasteiger partial charge in [0, 0.05) is 18.8 Å². The van der Waals surface area contributed by atoms with Gasteiger partial charge in [-0.15, -0.1) is 13.2 Å². The molecule has 3 rings (SSSR count). The average molecular weight is 367 g/mol. The molecule has 7 heteroatoms. The molecule has 1 saturated heterocycles. The standard InChI is InChI=1S/C19H20F3NO3/c20-19(21,22)26-18-7-1-14(2-8-18)13-25-17-9-11-23(12-10-17)15-3-5-16(24)6-4-15/h1-8,17,24H,9-13H2. The van der Waals surface area contributed by atoms with E-state index in [1.807, 2.05) is 12.1 Å². The van der Waals surface area contributed by atoms with Crippen LogP contribution in [0.3, 0.4) is 0 Å². The maximum absolute atomic E-state index is 12.1. The molecule has 4 nitrogen and oxygen atoms in total. The van der Waals surface area contributed by atoms with Gasteiger partial charge in [0.1, 0.15) is 11.5 Å². The summed E-state index contributed by atoms with van der Waals surface area (Å²) in [5, 5.41) is 9.35. The number of piperidine rings is 1. The maximum Gasteiger partial charge on any atom is 0.573 e. The predicted octanol–water partition coefficient (Wildman–Crippen LogP) is 4.48. The maximum atomic E-state index is 12.1. The Morgan fingerprint density at radius 1 is 0.962 bits per heavy atom. The Morgan fingerprint density at radius 2 is 1.58 bits per heavy atom. The highest BCUT2D eigenvalue weighted by atomic mass is 19.4. The molecule has 0 amide bonds. The van der Waals surface area contributed by atoms with Crippen molar-refractivity contribution in [2.24, 2.45) is 0 Å². The van der Waals surface area contributed by atoms with Crippen LogP contribution in [0.5, 0.6) is 11.5 Å². The van der Waals surface area contributed by atoms with Crippen molar-refractivity contribution in [2.75, 3.05) is 18.0 Å². The number of hydrogen-bond acceptors (Lipinski definition) is 4. The number of nitrogens with zero attached hydrogens (tertiary/aromatic N) is 1. The Hall–Kier alpha value is -2.41. The van der Waals surface area contributed by atoms with Crippen LogP contribution in [0.4, 0.5) is 18.9 Å². The fourth-order valence-corrected chi connectivity index (χ4v) is 2.95. The molecule has 0 aliphatic carbocycles. The van der Waals surface area contributed by atoms with Gasteiger partial charge in [0.05, 0.1) is 12.7 Å². The molecule has 1 aliphatic rings. The third kappa shape index (κ3) is 5.29. The molecule has 2 aromatic rings. The lowest BCUT2D eigenvalue weighted by molar-refractivity contribution is -0.274. The minimum absolute atomic E-state index is 0.120. The summed E-state index contributed by atoms with van der Waals surface area (Å²) >= 11 is 0. The zero-order chi connectivity index (χ0) is 18.6. The van der Waals surface area contributed by atoms with Crippen LogP contribution in [0.25, 0.3) is 0 Å². The molecule has 1 aliphatic heterocycles. The van der Waals surface area contributed by atoms with Gasteiger partial charge < -0.3 is 19.5 Å². The van der Waals surface area contributed by atoms with Crippen LogP contribution in [-0.4, -0.2) is 30.7 Å². The number of alkyl halides is 3. The lowest BCUT2D eigenvalue weighted by Gasteiger charge is -2.33. The third-order valence-electron chi connectivity index (χ3n) is 4.30. The molecule has 0 radical (unpaired) electrons. The molecule has 1 heterocycles. The summed E-state index contributed by atoms with van der Waals surface area (Å²) in [7, 11) is 0. The lowest BCUT2D eigenvalue weighted by atomic mass is 10.1. The number of hydrogen-bond donors (Lipinski definition) is 1. The zero-order valence-corrected chi connectivity index (χ0v) is 14.1. The van der Waals surface area contributed by atoms with Crippen LogP contribution in [0.2, 0.25) is 0 Å². The van der Waals surface area contributed by atoms with Crippen LogP contribution in [0.1, 0.15) is 18.4 Å². The molecule has 0 atom stereocenters. The topological polar surface area (TPSA) is 41.9 Å². The molecular weight excluding hydrogens is 347 g/mol. The van der Waals surface area contributed by atoms with Gasteiger partial charge in [-0.1, -0.05) is 12.1 Å². The lowest BCUT2D eigenvalue weighted by Crippen LogP contribution is -2.36. The first-order chi connectivity index (χ1) is 12.4. The summed E-state index contributed by atoms with van der Waals surface area (Å²) in [5.41, 5.74) is 1.88. The summed E-state index contributed by atoms with van der Waals surface area (Å²) in [6.07, 6.45) is -2.81. The highest BCUT2D eigenvalue weighted by Gasteiger charge is 2.31. The number of phenols is 1. The zero-order valence-electron chi connectivity index (χ0n) is 14.1. The quantitative estimate of drug-likeness (QED) is 0.846. The predicted molar refractivity (Wildman–Crippen MR) is 91.3 cm³/mol. The third-order valence-corrected chi connectivity index (χ3v) is 4.30. The van der Waals surface area contributed by atoms with Crippen molar-refractivity contribution in [3.63, 3.8) is 0 Å². The van der Waals surface area contributed by atoms with Crippen LogP contribution in [0.15, 0.2) is 48.5 Å². The van der Waals surface area contributed by atoms with E-state index >= 15 is 0 Å². The Bertz CT molecular complexity index is 693. The van der Waals surface area contributed by atoms with Crippen molar-refractivity contribution in [3.8, 4) is 11.5 Å². The van der Waals surface area contributed by atoms with E-state index in [1.54, 1.807) is 24.3 Å². The summed E-state index contributed by atoms with van der Waals surface area (Å²) in [4.78, 5) is 2.24. The largest absolute Gasteiger partial charge is 0.573 e. The van der Waals surface area contributed by atoms with Crippen molar-refractivity contribution >= 4 is 5.69 Å². The van der Waals surface area contributed by atoms with Crippen LogP contribution in [0, 0.1) is 0 Å². The number of aromatic hydroxyl groups is 1. The van der Waals surface area contributed by atoms with Crippen LogP contribution in [-0.2, 0) is 11.3 Å². The van der Waals surface area contributed by atoms with Crippen molar-refractivity contribution in [1.29, 1.82) is 0 Å². The van der Waals surface area contributed by atoms with Gasteiger partial charge in [-0.05, 0) is 54.8 Å². The van der Waals surface area contributed by atoms with Crippen LogP contribution >= 0.6 is 0 Å². The van der Waals surface area contributed by atoms with E-state index in [-0.39, 0.29) is 17.6 Å². The summed E-state index contributed by atoms with van der Waals surface area (Å²) in [6.45, 7) is 2.07. The molecule has 140 valence electrons. The fraction of sp³-hybridized carbons (Fsp3) is 0.368. The van der Waals surface area contributed by atoms with Crippen LogP contribution < -0.4 is 9.64 Å². The number of anilines is 1. The second-order valence-electron chi connectivity index (χ2n) is 6.21. The molecular formula is C19H20F3NO3. The Balaban J connectivity index is 1.44. The highest BCUT2D eigenvalue weighted by molar-refractivity contribution is 5.49.